The van der Waals surface area contributed by atoms with Gasteiger partial charge >= 0.3 is 6.03 Å². The van der Waals surface area contributed by atoms with Crippen molar-refractivity contribution < 1.29 is 9.53 Å². The first-order valence-electron chi connectivity index (χ1n) is 8.90. The van der Waals surface area contributed by atoms with Gasteiger partial charge in [-0.3, -0.25) is 10.00 Å². The van der Waals surface area contributed by atoms with Crippen LogP contribution >= 0.6 is 0 Å². The fourth-order valence-electron chi connectivity index (χ4n) is 3.31. The number of amides is 2. The second-order valence-corrected chi connectivity index (χ2v) is 6.42. The third kappa shape index (κ3) is 4.82. The number of benzene rings is 1. The van der Waals surface area contributed by atoms with Crippen LogP contribution in [0.4, 0.5) is 10.6 Å². The minimum Gasteiger partial charge on any atom is -0.385 e. The Hall–Kier alpha value is -2.34. The zero-order valence-electron chi connectivity index (χ0n) is 14.7. The van der Waals surface area contributed by atoms with Gasteiger partial charge in [-0.1, -0.05) is 30.3 Å². The molecule has 1 aliphatic heterocycles. The summed E-state index contributed by atoms with van der Waals surface area (Å²) in [5.74, 6) is 0.604. The molecule has 0 saturated carbocycles. The lowest BCUT2D eigenvalue weighted by molar-refractivity contribution is 0.189. The molecule has 6 heteroatoms. The van der Waals surface area contributed by atoms with Gasteiger partial charge in [0.05, 0.1) is 0 Å². The van der Waals surface area contributed by atoms with Crippen LogP contribution in [0, 0.1) is 0 Å². The monoisotopic (exact) mass is 342 g/mol. The van der Waals surface area contributed by atoms with Crippen LogP contribution in [0.15, 0.2) is 42.6 Å². The highest BCUT2D eigenvalue weighted by Crippen LogP contribution is 2.22. The van der Waals surface area contributed by atoms with E-state index >= 15 is 0 Å². The Balaban J connectivity index is 1.55. The van der Waals surface area contributed by atoms with Gasteiger partial charge in [0, 0.05) is 45.1 Å². The number of carbonyl (C=O) groups is 1. The molecule has 134 valence electrons. The average Bonchev–Trinajstić information content (AvgIpc) is 3.26. The van der Waals surface area contributed by atoms with Gasteiger partial charge < -0.3 is 9.64 Å². The maximum Gasteiger partial charge on any atom is 0.323 e. The molecule has 2 heterocycles. The fraction of sp³-hybridized carbons (Fsp3) is 0.474. The number of hydrogen-bond acceptors (Lipinski definition) is 3. The summed E-state index contributed by atoms with van der Waals surface area (Å²) in [4.78, 5) is 14.6. The first-order valence-corrected chi connectivity index (χ1v) is 8.90. The molecule has 1 aromatic carbocycles. The number of urea groups is 1. The quantitative estimate of drug-likeness (QED) is 0.786. The van der Waals surface area contributed by atoms with Crippen molar-refractivity contribution in [3.63, 3.8) is 0 Å². The normalized spacial score (nSPS) is 17.0. The van der Waals surface area contributed by atoms with Crippen molar-refractivity contribution >= 4 is 11.8 Å². The van der Waals surface area contributed by atoms with E-state index in [1.54, 1.807) is 7.11 Å². The minimum atomic E-state index is -0.0550. The number of rotatable bonds is 7. The van der Waals surface area contributed by atoms with Crippen LogP contribution < -0.4 is 5.32 Å². The highest BCUT2D eigenvalue weighted by molar-refractivity contribution is 5.88. The van der Waals surface area contributed by atoms with Crippen LogP contribution in [0.1, 0.15) is 24.8 Å². The molecule has 1 fully saturated rings. The Morgan fingerprint density at radius 3 is 2.96 bits per heavy atom. The minimum absolute atomic E-state index is 0.0550. The molecular formula is C19H26N4O2. The molecule has 0 unspecified atom stereocenters. The van der Waals surface area contributed by atoms with E-state index in [9.17, 15) is 4.79 Å². The molecule has 1 saturated heterocycles. The second-order valence-electron chi connectivity index (χ2n) is 6.42. The predicted octanol–water partition coefficient (Wildman–Crippen LogP) is 3.16. The molecule has 0 radical (unpaired) electrons. The largest absolute Gasteiger partial charge is 0.385 e. The number of ether oxygens (including phenoxy) is 1. The smallest absolute Gasteiger partial charge is 0.323 e. The number of likely N-dealkylation sites (tertiary alicyclic amines) is 1. The Kier molecular flexibility index (Phi) is 6.06. The second kappa shape index (κ2) is 8.67. The lowest BCUT2D eigenvalue weighted by Crippen LogP contribution is -2.39. The Morgan fingerprint density at radius 1 is 1.32 bits per heavy atom. The number of aryl methyl sites for hydroxylation is 1. The Labute approximate surface area is 148 Å². The maximum absolute atomic E-state index is 12.6. The van der Waals surface area contributed by atoms with E-state index in [0.29, 0.717) is 12.4 Å². The van der Waals surface area contributed by atoms with Gasteiger partial charge in [0.25, 0.3) is 0 Å². The number of nitrogens with zero attached hydrogens (tertiary/aromatic N) is 3. The van der Waals surface area contributed by atoms with Gasteiger partial charge in [-0.05, 0) is 31.2 Å². The van der Waals surface area contributed by atoms with Crippen LogP contribution in [0.25, 0.3) is 0 Å². The number of aromatic nitrogens is 2. The molecule has 0 bridgehead atoms. The maximum atomic E-state index is 12.6. The topological polar surface area (TPSA) is 59.4 Å². The van der Waals surface area contributed by atoms with Gasteiger partial charge in [-0.2, -0.15) is 5.10 Å². The van der Waals surface area contributed by atoms with Crippen LogP contribution in [-0.4, -0.2) is 47.0 Å². The van der Waals surface area contributed by atoms with Gasteiger partial charge in [-0.15, -0.1) is 0 Å². The number of nitrogens with one attached hydrogen (secondary N) is 1. The summed E-state index contributed by atoms with van der Waals surface area (Å²) < 4.78 is 6.88. The highest BCUT2D eigenvalue weighted by Gasteiger charge is 2.29. The van der Waals surface area contributed by atoms with Crippen LogP contribution in [0.5, 0.6) is 0 Å². The van der Waals surface area contributed by atoms with Crippen molar-refractivity contribution in [2.75, 3.05) is 25.6 Å². The van der Waals surface area contributed by atoms with E-state index in [1.807, 2.05) is 40.0 Å². The molecule has 1 N–H and O–H groups in total. The average molecular weight is 342 g/mol. The molecule has 3 rings (SSSR count). The van der Waals surface area contributed by atoms with E-state index in [-0.39, 0.29) is 12.1 Å². The standard InChI is InChI=1S/C19H26N4O2/c1-25-14-6-11-22-13-10-18(21-22)20-19(24)23-12-5-9-17(23)15-16-7-3-2-4-8-16/h2-4,7-8,10,13,17H,5-6,9,11-12,14-15H2,1H3,(H,20,21,24)/t17-/m1/s1. The molecule has 2 aromatic rings. The van der Waals surface area contributed by atoms with Crippen LogP contribution in [0.3, 0.4) is 0 Å². The lowest BCUT2D eigenvalue weighted by atomic mass is 10.0. The molecule has 1 aliphatic rings. The van der Waals surface area contributed by atoms with Crippen molar-refractivity contribution in [1.82, 2.24) is 14.7 Å². The predicted molar refractivity (Wildman–Crippen MR) is 97.6 cm³/mol. The van der Waals surface area contributed by atoms with Crippen molar-refractivity contribution in [3.05, 3.63) is 48.2 Å². The third-order valence-corrected chi connectivity index (χ3v) is 4.56. The number of anilines is 1. The summed E-state index contributed by atoms with van der Waals surface area (Å²) in [6.45, 7) is 2.29. The van der Waals surface area contributed by atoms with E-state index in [2.05, 4.69) is 22.5 Å². The Bertz CT molecular complexity index is 671. The molecular weight excluding hydrogens is 316 g/mol. The first kappa shape index (κ1) is 17.5. The molecule has 0 aliphatic carbocycles. The summed E-state index contributed by atoms with van der Waals surface area (Å²) in [6.07, 6.45) is 5.79. The first-order chi connectivity index (χ1) is 12.3. The van der Waals surface area contributed by atoms with Gasteiger partial charge in [-0.25, -0.2) is 4.79 Å². The summed E-state index contributed by atoms with van der Waals surface area (Å²) in [5, 5.41) is 7.34. The van der Waals surface area contributed by atoms with E-state index in [1.165, 1.54) is 5.56 Å². The molecule has 1 atom stereocenters. The third-order valence-electron chi connectivity index (χ3n) is 4.56. The van der Waals surface area contributed by atoms with Gasteiger partial charge in [0.15, 0.2) is 5.82 Å². The molecule has 2 amide bonds. The molecule has 25 heavy (non-hydrogen) atoms. The zero-order valence-corrected chi connectivity index (χ0v) is 14.7. The summed E-state index contributed by atoms with van der Waals surface area (Å²) in [7, 11) is 1.69. The van der Waals surface area contributed by atoms with E-state index in [4.69, 9.17) is 4.74 Å². The Morgan fingerprint density at radius 2 is 2.16 bits per heavy atom. The summed E-state index contributed by atoms with van der Waals surface area (Å²) in [6, 6.07) is 12.4. The number of carbonyl (C=O) groups excluding carboxylic acids is 1. The van der Waals surface area contributed by atoms with E-state index < -0.39 is 0 Å². The van der Waals surface area contributed by atoms with E-state index in [0.717, 1.165) is 38.8 Å². The number of hydrogen-bond donors (Lipinski definition) is 1. The molecule has 6 nitrogen and oxygen atoms in total. The van der Waals surface area contributed by atoms with Crippen molar-refractivity contribution in [1.29, 1.82) is 0 Å². The van der Waals surface area contributed by atoms with Crippen molar-refractivity contribution in [3.8, 4) is 0 Å². The number of methoxy groups -OCH3 is 1. The summed E-state index contributed by atoms with van der Waals surface area (Å²) >= 11 is 0. The summed E-state index contributed by atoms with van der Waals surface area (Å²) in [5.41, 5.74) is 1.27. The molecule has 0 spiro atoms. The zero-order chi connectivity index (χ0) is 17.5. The van der Waals surface area contributed by atoms with Crippen molar-refractivity contribution in [2.24, 2.45) is 0 Å². The SMILES string of the molecule is COCCCn1ccc(NC(=O)N2CCC[C@@H]2Cc2ccccc2)n1. The highest BCUT2D eigenvalue weighted by atomic mass is 16.5. The fourth-order valence-corrected chi connectivity index (χ4v) is 3.31. The van der Waals surface area contributed by atoms with Gasteiger partial charge in [0.1, 0.15) is 0 Å². The van der Waals surface area contributed by atoms with Crippen LogP contribution in [0.2, 0.25) is 0 Å². The lowest BCUT2D eigenvalue weighted by Gasteiger charge is -2.24. The van der Waals surface area contributed by atoms with Gasteiger partial charge in [0.2, 0.25) is 0 Å². The van der Waals surface area contributed by atoms with Crippen molar-refractivity contribution in [2.45, 2.75) is 38.3 Å². The van der Waals surface area contributed by atoms with Crippen LogP contribution in [-0.2, 0) is 17.7 Å². The molecule has 1 aromatic heterocycles.